The Hall–Kier alpha value is -2.91. The van der Waals surface area contributed by atoms with Gasteiger partial charge in [0.25, 0.3) is 5.91 Å². The van der Waals surface area contributed by atoms with E-state index in [4.69, 9.17) is 4.74 Å². The molecule has 2 aromatic carbocycles. The quantitative estimate of drug-likeness (QED) is 0.675. The van der Waals surface area contributed by atoms with Crippen molar-refractivity contribution in [3.8, 4) is 5.75 Å². The standard InChI is InChI=1S/C25H31N3O5S/c1-4-21-24(29)26-20-14-17(3)23(15-22(20)33-21)34(31,32)27-13-9-10-18(16-27)25(30)28(5-2)19-11-7-6-8-12-19/h6-8,11-12,14-15,18,21H,4-5,9-10,13,16H2,1-3H3,(H,26,29)/t18-,21+/m1/s1. The van der Waals surface area contributed by atoms with Crippen molar-refractivity contribution >= 4 is 33.2 Å². The van der Waals surface area contributed by atoms with Gasteiger partial charge >= 0.3 is 0 Å². The van der Waals surface area contributed by atoms with Crippen LogP contribution >= 0.6 is 0 Å². The molecule has 2 amide bonds. The zero-order valence-corrected chi connectivity index (χ0v) is 20.6. The largest absolute Gasteiger partial charge is 0.478 e. The Morgan fingerprint density at radius 2 is 1.94 bits per heavy atom. The number of rotatable bonds is 6. The second kappa shape index (κ2) is 9.76. The molecule has 0 saturated carbocycles. The summed E-state index contributed by atoms with van der Waals surface area (Å²) in [5.74, 6) is -0.364. The van der Waals surface area contributed by atoms with Crippen molar-refractivity contribution in [2.24, 2.45) is 5.92 Å². The summed E-state index contributed by atoms with van der Waals surface area (Å²) in [6.45, 7) is 6.46. The molecule has 1 N–H and O–H groups in total. The molecule has 2 aliphatic rings. The fourth-order valence-corrected chi connectivity index (χ4v) is 6.37. The van der Waals surface area contributed by atoms with Crippen LogP contribution in [0.3, 0.4) is 0 Å². The summed E-state index contributed by atoms with van der Waals surface area (Å²) in [6.07, 6.45) is 1.08. The topological polar surface area (TPSA) is 96.0 Å². The van der Waals surface area contributed by atoms with Crippen LogP contribution < -0.4 is 15.0 Å². The number of sulfonamides is 1. The lowest BCUT2D eigenvalue weighted by Crippen LogP contribution is -2.47. The first kappa shape index (κ1) is 24.2. The van der Waals surface area contributed by atoms with Crippen molar-refractivity contribution < 1.29 is 22.7 Å². The maximum Gasteiger partial charge on any atom is 0.265 e. The molecule has 0 radical (unpaired) electrons. The van der Waals surface area contributed by atoms with Gasteiger partial charge in [-0.25, -0.2) is 8.42 Å². The maximum absolute atomic E-state index is 13.6. The highest BCUT2D eigenvalue weighted by molar-refractivity contribution is 7.89. The average Bonchev–Trinajstić information content (AvgIpc) is 2.84. The zero-order valence-electron chi connectivity index (χ0n) is 19.8. The van der Waals surface area contributed by atoms with Gasteiger partial charge in [0.05, 0.1) is 16.5 Å². The first-order chi connectivity index (χ1) is 16.3. The van der Waals surface area contributed by atoms with E-state index in [-0.39, 0.29) is 23.3 Å². The summed E-state index contributed by atoms with van der Waals surface area (Å²) in [7, 11) is -3.86. The number of nitrogens with one attached hydrogen (secondary N) is 1. The fourth-order valence-electron chi connectivity index (χ4n) is 4.63. The number of aryl methyl sites for hydroxylation is 1. The predicted molar refractivity (Wildman–Crippen MR) is 130 cm³/mol. The normalized spacial score (nSPS) is 20.7. The van der Waals surface area contributed by atoms with Crippen LogP contribution in [0.4, 0.5) is 11.4 Å². The number of hydrogen-bond donors (Lipinski definition) is 1. The van der Waals surface area contributed by atoms with E-state index in [1.54, 1.807) is 17.9 Å². The van der Waals surface area contributed by atoms with Gasteiger partial charge in [0, 0.05) is 31.4 Å². The van der Waals surface area contributed by atoms with E-state index in [0.717, 1.165) is 5.69 Å². The molecule has 2 heterocycles. The summed E-state index contributed by atoms with van der Waals surface area (Å²) in [6, 6.07) is 12.6. The molecule has 4 rings (SSSR count). The average molecular weight is 486 g/mol. The van der Waals surface area contributed by atoms with Crippen molar-refractivity contribution in [2.45, 2.75) is 51.0 Å². The summed E-state index contributed by atoms with van der Waals surface area (Å²) >= 11 is 0. The molecule has 0 unspecified atom stereocenters. The van der Waals surface area contributed by atoms with Crippen molar-refractivity contribution in [3.63, 3.8) is 0 Å². The Bertz CT molecular complexity index is 1180. The van der Waals surface area contributed by atoms with Gasteiger partial charge in [0.15, 0.2) is 6.10 Å². The second-order valence-corrected chi connectivity index (χ2v) is 10.6. The van der Waals surface area contributed by atoms with Crippen LogP contribution in [0.5, 0.6) is 5.75 Å². The van der Waals surface area contributed by atoms with Crippen LogP contribution in [0.25, 0.3) is 0 Å². The van der Waals surface area contributed by atoms with Gasteiger partial charge in [-0.2, -0.15) is 4.31 Å². The smallest absolute Gasteiger partial charge is 0.265 e. The van der Waals surface area contributed by atoms with E-state index in [1.165, 1.54) is 10.4 Å². The monoisotopic (exact) mass is 485 g/mol. The number of piperidine rings is 1. The van der Waals surface area contributed by atoms with Gasteiger partial charge in [-0.1, -0.05) is 25.1 Å². The summed E-state index contributed by atoms with van der Waals surface area (Å²) in [5, 5.41) is 2.79. The Labute approximate surface area is 200 Å². The van der Waals surface area contributed by atoms with Crippen molar-refractivity contribution in [1.82, 2.24) is 4.31 Å². The van der Waals surface area contributed by atoms with Crippen molar-refractivity contribution in [2.75, 3.05) is 29.9 Å². The number of amides is 2. The third-order valence-electron chi connectivity index (χ3n) is 6.47. The number of anilines is 2. The molecule has 2 aliphatic heterocycles. The molecule has 0 aromatic heterocycles. The molecule has 0 aliphatic carbocycles. The SMILES string of the molecule is CC[C@@H]1Oc2cc(S(=O)(=O)N3CCC[C@@H](C(=O)N(CC)c4ccccc4)C3)c(C)cc2NC1=O. The number of carbonyl (C=O) groups is 2. The first-order valence-corrected chi connectivity index (χ1v) is 13.2. The highest BCUT2D eigenvalue weighted by Gasteiger charge is 2.37. The minimum atomic E-state index is -3.86. The Morgan fingerprint density at radius 3 is 2.62 bits per heavy atom. The highest BCUT2D eigenvalue weighted by Crippen LogP contribution is 2.37. The molecule has 1 saturated heterocycles. The molecule has 8 nitrogen and oxygen atoms in total. The van der Waals surface area contributed by atoms with E-state index >= 15 is 0 Å². The van der Waals surface area contributed by atoms with E-state index in [1.807, 2.05) is 44.2 Å². The number of benzene rings is 2. The number of nitrogens with zero attached hydrogens (tertiary/aromatic N) is 2. The van der Waals surface area contributed by atoms with Crippen LogP contribution in [0.15, 0.2) is 47.4 Å². The van der Waals surface area contributed by atoms with Gasteiger partial charge < -0.3 is 15.0 Å². The molecule has 0 bridgehead atoms. The van der Waals surface area contributed by atoms with E-state index in [0.29, 0.717) is 49.4 Å². The number of hydrogen-bond acceptors (Lipinski definition) is 5. The Kier molecular flexibility index (Phi) is 6.95. The van der Waals surface area contributed by atoms with Crippen molar-refractivity contribution in [1.29, 1.82) is 0 Å². The molecular weight excluding hydrogens is 454 g/mol. The lowest BCUT2D eigenvalue weighted by Gasteiger charge is -2.34. The van der Waals surface area contributed by atoms with E-state index in [9.17, 15) is 18.0 Å². The fraction of sp³-hybridized carbons (Fsp3) is 0.440. The highest BCUT2D eigenvalue weighted by atomic mass is 32.2. The van der Waals surface area contributed by atoms with Gasteiger partial charge in [0.1, 0.15) is 5.75 Å². The Morgan fingerprint density at radius 1 is 1.21 bits per heavy atom. The van der Waals surface area contributed by atoms with Crippen molar-refractivity contribution in [3.05, 3.63) is 48.0 Å². The third-order valence-corrected chi connectivity index (χ3v) is 8.48. The van der Waals surface area contributed by atoms with Gasteiger partial charge in [-0.15, -0.1) is 0 Å². The van der Waals surface area contributed by atoms with Crippen LogP contribution in [-0.4, -0.2) is 50.3 Å². The van der Waals surface area contributed by atoms with Crippen LogP contribution in [0, 0.1) is 12.8 Å². The number of fused-ring (bicyclic) bond motifs is 1. The minimum Gasteiger partial charge on any atom is -0.478 e. The molecule has 2 aromatic rings. The summed E-state index contributed by atoms with van der Waals surface area (Å²) < 4.78 is 34.5. The van der Waals surface area contributed by atoms with Crippen LogP contribution in [0.2, 0.25) is 0 Å². The summed E-state index contributed by atoms with van der Waals surface area (Å²) in [4.78, 5) is 27.3. The lowest BCUT2D eigenvalue weighted by atomic mass is 9.97. The van der Waals surface area contributed by atoms with Gasteiger partial charge in [0.2, 0.25) is 15.9 Å². The Balaban J connectivity index is 1.58. The van der Waals surface area contributed by atoms with E-state index < -0.39 is 22.0 Å². The predicted octanol–water partition coefficient (Wildman–Crippen LogP) is 3.56. The second-order valence-electron chi connectivity index (χ2n) is 8.74. The van der Waals surface area contributed by atoms with Gasteiger partial charge in [-0.3, -0.25) is 9.59 Å². The van der Waals surface area contributed by atoms with Gasteiger partial charge in [-0.05, 0) is 56.9 Å². The molecule has 1 fully saturated rings. The molecule has 9 heteroatoms. The molecule has 2 atom stereocenters. The number of carbonyl (C=O) groups excluding carboxylic acids is 2. The van der Waals surface area contributed by atoms with E-state index in [2.05, 4.69) is 5.32 Å². The maximum atomic E-state index is 13.6. The number of ether oxygens (including phenoxy) is 1. The van der Waals surface area contributed by atoms with Crippen LogP contribution in [0.1, 0.15) is 38.7 Å². The number of para-hydroxylation sites is 1. The molecular formula is C25H31N3O5S. The molecule has 34 heavy (non-hydrogen) atoms. The molecule has 182 valence electrons. The third kappa shape index (κ3) is 4.54. The minimum absolute atomic E-state index is 0.0624. The molecule has 0 spiro atoms. The zero-order chi connectivity index (χ0) is 24.5. The first-order valence-electron chi connectivity index (χ1n) is 11.7. The summed E-state index contributed by atoms with van der Waals surface area (Å²) in [5.41, 5.74) is 1.80. The van der Waals surface area contributed by atoms with Crippen LogP contribution in [-0.2, 0) is 19.6 Å². The lowest BCUT2D eigenvalue weighted by molar-refractivity contribution is -0.124.